The van der Waals surface area contributed by atoms with Crippen LogP contribution in [0.3, 0.4) is 0 Å². The highest BCUT2D eigenvalue weighted by molar-refractivity contribution is 9.10. The lowest BCUT2D eigenvalue weighted by molar-refractivity contribution is -0.386. The number of amides is 1. The molecule has 4 rings (SSSR count). The third kappa shape index (κ3) is 5.56. The molecule has 174 valence electrons. The molecule has 0 fully saturated rings. The Morgan fingerprint density at radius 1 is 1.12 bits per heavy atom. The summed E-state index contributed by atoms with van der Waals surface area (Å²) in [5, 5.41) is 23.2. The van der Waals surface area contributed by atoms with Gasteiger partial charge >= 0.3 is 5.69 Å². The fraction of sp³-hybridized carbons (Fsp3) is 0.0952. The van der Waals surface area contributed by atoms with E-state index in [4.69, 9.17) is 27.9 Å². The predicted molar refractivity (Wildman–Crippen MR) is 129 cm³/mol. The minimum Gasteiger partial charge on any atom is -0.464 e. The van der Waals surface area contributed by atoms with Gasteiger partial charge in [-0.05, 0) is 45.8 Å². The fourth-order valence-corrected chi connectivity index (χ4v) is 3.72. The van der Waals surface area contributed by atoms with Crippen LogP contribution in [0, 0.1) is 10.1 Å². The minimum absolute atomic E-state index is 0.102. The van der Waals surface area contributed by atoms with Crippen LogP contribution < -0.4 is 10.1 Å². The van der Waals surface area contributed by atoms with E-state index in [1.165, 1.54) is 29.1 Å². The number of nitro benzene ring substituents is 1. The average Bonchev–Trinajstić information content (AvgIpc) is 3.41. The number of para-hydroxylation sites is 2. The molecular formula is C21H15BrCl2N6O4. The Bertz CT molecular complexity index is 1370. The molecule has 2 aromatic carbocycles. The van der Waals surface area contributed by atoms with Crippen molar-refractivity contribution in [3.8, 4) is 5.75 Å². The van der Waals surface area contributed by atoms with Gasteiger partial charge in [0.2, 0.25) is 0 Å². The molecule has 10 nitrogen and oxygen atoms in total. The Balaban J connectivity index is 1.39. The van der Waals surface area contributed by atoms with E-state index in [1.807, 2.05) is 6.07 Å². The molecule has 2 aromatic heterocycles. The standard InChI is InChI=1S/C21H15BrCl2N6O4/c22-14-11-29(10-13-5-6-15(23)16(24)9-13)27-20(14)25-21(31)17-7-8-28(26-17)12-34-19-4-2-1-3-18(19)30(32)33/h1-9,11H,10,12H2,(H,25,27,31). The molecule has 4 aromatic rings. The molecule has 1 N–H and O–H groups in total. The quantitative estimate of drug-likeness (QED) is 0.226. The van der Waals surface area contributed by atoms with Gasteiger partial charge in [-0.15, -0.1) is 0 Å². The molecule has 0 saturated carbocycles. The molecule has 0 saturated heterocycles. The third-order valence-electron chi connectivity index (χ3n) is 4.57. The molecule has 0 bridgehead atoms. The van der Waals surface area contributed by atoms with Gasteiger partial charge in [0.05, 0.1) is 26.0 Å². The van der Waals surface area contributed by atoms with Crippen molar-refractivity contribution in [3.05, 3.63) is 96.8 Å². The van der Waals surface area contributed by atoms with Crippen LogP contribution in [0.1, 0.15) is 16.1 Å². The number of rotatable bonds is 8. The first kappa shape index (κ1) is 23.7. The Morgan fingerprint density at radius 2 is 1.91 bits per heavy atom. The second kappa shape index (κ2) is 10.2. The molecule has 0 radical (unpaired) electrons. The van der Waals surface area contributed by atoms with Crippen molar-refractivity contribution >= 4 is 56.5 Å². The zero-order valence-corrected chi connectivity index (χ0v) is 20.3. The van der Waals surface area contributed by atoms with Crippen molar-refractivity contribution in [2.45, 2.75) is 13.3 Å². The predicted octanol–water partition coefficient (Wildman–Crippen LogP) is 5.39. The molecule has 0 aliphatic rings. The van der Waals surface area contributed by atoms with E-state index >= 15 is 0 Å². The maximum Gasteiger partial charge on any atom is 0.311 e. The molecule has 0 aliphatic heterocycles. The van der Waals surface area contributed by atoms with Gasteiger partial charge in [0, 0.05) is 18.5 Å². The summed E-state index contributed by atoms with van der Waals surface area (Å²) in [5.41, 5.74) is 0.852. The normalized spacial score (nSPS) is 10.8. The van der Waals surface area contributed by atoms with E-state index in [9.17, 15) is 14.9 Å². The van der Waals surface area contributed by atoms with E-state index < -0.39 is 10.8 Å². The van der Waals surface area contributed by atoms with E-state index in [2.05, 4.69) is 31.4 Å². The van der Waals surface area contributed by atoms with E-state index in [1.54, 1.807) is 35.1 Å². The zero-order chi connectivity index (χ0) is 24.2. The van der Waals surface area contributed by atoms with Gasteiger partial charge in [0.1, 0.15) is 0 Å². The summed E-state index contributed by atoms with van der Waals surface area (Å²) >= 11 is 15.4. The molecule has 0 atom stereocenters. The highest BCUT2D eigenvalue weighted by atomic mass is 79.9. The second-order valence-electron chi connectivity index (χ2n) is 6.96. The summed E-state index contributed by atoms with van der Waals surface area (Å²) in [5.74, 6) is -0.0638. The number of halogens is 3. The SMILES string of the molecule is O=C(Nc1nn(Cc2ccc(Cl)c(Cl)c2)cc1Br)c1ccn(COc2ccccc2[N+](=O)[O-])n1. The van der Waals surface area contributed by atoms with Crippen molar-refractivity contribution in [1.82, 2.24) is 19.6 Å². The Hall–Kier alpha value is -3.41. The lowest BCUT2D eigenvalue weighted by Gasteiger charge is -2.06. The van der Waals surface area contributed by atoms with E-state index in [0.717, 1.165) is 5.56 Å². The molecule has 0 spiro atoms. The number of nitrogens with one attached hydrogen (secondary N) is 1. The van der Waals surface area contributed by atoms with Crippen molar-refractivity contribution in [2.24, 2.45) is 0 Å². The molecule has 0 unspecified atom stereocenters. The number of carbonyl (C=O) groups is 1. The zero-order valence-electron chi connectivity index (χ0n) is 17.2. The van der Waals surface area contributed by atoms with Crippen molar-refractivity contribution in [1.29, 1.82) is 0 Å². The third-order valence-corrected chi connectivity index (χ3v) is 5.88. The molecular weight excluding hydrogens is 551 g/mol. The first-order valence-electron chi connectivity index (χ1n) is 9.68. The topological polar surface area (TPSA) is 117 Å². The number of anilines is 1. The summed E-state index contributed by atoms with van der Waals surface area (Å²) in [6.45, 7) is 0.309. The van der Waals surface area contributed by atoms with Gasteiger partial charge in [-0.3, -0.25) is 19.6 Å². The monoisotopic (exact) mass is 564 g/mol. The Kier molecular flexibility index (Phi) is 7.15. The van der Waals surface area contributed by atoms with Crippen LogP contribution in [0.15, 0.2) is 65.4 Å². The second-order valence-corrected chi connectivity index (χ2v) is 8.63. The number of nitro groups is 1. The minimum atomic E-state index is -0.532. The van der Waals surface area contributed by atoms with Gasteiger partial charge in [-0.1, -0.05) is 41.4 Å². The average molecular weight is 566 g/mol. The number of carbonyl (C=O) groups excluding carboxylic acids is 1. The molecule has 34 heavy (non-hydrogen) atoms. The van der Waals surface area contributed by atoms with Crippen LogP contribution >= 0.6 is 39.1 Å². The summed E-state index contributed by atoms with van der Waals surface area (Å²) < 4.78 is 9.05. The fourth-order valence-electron chi connectivity index (χ4n) is 2.98. The van der Waals surface area contributed by atoms with Crippen LogP contribution in [0.4, 0.5) is 11.5 Å². The first-order chi connectivity index (χ1) is 16.3. The van der Waals surface area contributed by atoms with E-state index in [0.29, 0.717) is 26.9 Å². The van der Waals surface area contributed by atoms with Crippen LogP contribution in [0.5, 0.6) is 5.75 Å². The lowest BCUT2D eigenvalue weighted by atomic mass is 10.2. The highest BCUT2D eigenvalue weighted by Crippen LogP contribution is 2.26. The molecule has 13 heteroatoms. The number of nitrogens with zero attached hydrogens (tertiary/aromatic N) is 5. The van der Waals surface area contributed by atoms with E-state index in [-0.39, 0.29) is 23.9 Å². The van der Waals surface area contributed by atoms with Crippen molar-refractivity contribution in [2.75, 3.05) is 5.32 Å². The number of hydrogen-bond acceptors (Lipinski definition) is 6. The Labute approximate surface area is 211 Å². The first-order valence-corrected chi connectivity index (χ1v) is 11.2. The summed E-state index contributed by atoms with van der Waals surface area (Å²) in [6, 6.07) is 12.8. The summed E-state index contributed by atoms with van der Waals surface area (Å²) in [6.07, 6.45) is 3.25. The summed E-state index contributed by atoms with van der Waals surface area (Å²) in [4.78, 5) is 23.2. The van der Waals surface area contributed by atoms with Crippen LogP contribution in [0.25, 0.3) is 0 Å². The summed E-state index contributed by atoms with van der Waals surface area (Å²) in [7, 11) is 0. The van der Waals surface area contributed by atoms with Gasteiger partial charge in [0.15, 0.2) is 24.0 Å². The number of ether oxygens (including phenoxy) is 1. The van der Waals surface area contributed by atoms with Crippen molar-refractivity contribution < 1.29 is 14.5 Å². The van der Waals surface area contributed by atoms with Gasteiger partial charge in [0.25, 0.3) is 5.91 Å². The maximum atomic E-state index is 12.6. The molecule has 2 heterocycles. The number of aromatic nitrogens is 4. The van der Waals surface area contributed by atoms with Crippen LogP contribution in [0.2, 0.25) is 10.0 Å². The van der Waals surface area contributed by atoms with Gasteiger partial charge in [-0.25, -0.2) is 4.68 Å². The number of hydrogen-bond donors (Lipinski definition) is 1. The maximum absolute atomic E-state index is 12.6. The Morgan fingerprint density at radius 3 is 2.68 bits per heavy atom. The lowest BCUT2D eigenvalue weighted by Crippen LogP contribution is -2.15. The molecule has 0 aliphatic carbocycles. The van der Waals surface area contributed by atoms with Crippen molar-refractivity contribution in [3.63, 3.8) is 0 Å². The van der Waals surface area contributed by atoms with Gasteiger partial charge < -0.3 is 10.1 Å². The van der Waals surface area contributed by atoms with Crippen LogP contribution in [-0.2, 0) is 13.3 Å². The largest absolute Gasteiger partial charge is 0.464 e. The number of benzene rings is 2. The molecule has 1 amide bonds. The van der Waals surface area contributed by atoms with Gasteiger partial charge in [-0.2, -0.15) is 10.2 Å². The smallest absolute Gasteiger partial charge is 0.311 e. The van der Waals surface area contributed by atoms with Crippen LogP contribution in [-0.4, -0.2) is 30.4 Å². The highest BCUT2D eigenvalue weighted by Gasteiger charge is 2.16.